The molecule has 0 aliphatic heterocycles. The topological polar surface area (TPSA) is 118 Å². The van der Waals surface area contributed by atoms with Gasteiger partial charge in [0.1, 0.15) is 0 Å². The van der Waals surface area contributed by atoms with Crippen molar-refractivity contribution in [2.24, 2.45) is 0 Å². The third kappa shape index (κ3) is 4.07. The van der Waals surface area contributed by atoms with Crippen molar-refractivity contribution in [2.45, 2.75) is 18.7 Å². The number of rotatable bonds is 5. The highest BCUT2D eigenvalue weighted by Crippen LogP contribution is 2.25. The Hall–Kier alpha value is -2.94. The molecular formula is C15H15N3O5S. The van der Waals surface area contributed by atoms with E-state index in [1.807, 2.05) is 0 Å². The molecule has 8 nitrogen and oxygen atoms in total. The van der Waals surface area contributed by atoms with Crippen LogP contribution in [0, 0.1) is 17.0 Å². The van der Waals surface area contributed by atoms with Crippen molar-refractivity contribution in [1.29, 1.82) is 0 Å². The molecule has 126 valence electrons. The van der Waals surface area contributed by atoms with E-state index < -0.39 is 14.9 Å². The summed E-state index contributed by atoms with van der Waals surface area (Å²) in [6, 6.07) is 9.77. The summed E-state index contributed by atoms with van der Waals surface area (Å²) in [4.78, 5) is 21.1. The molecule has 2 rings (SSSR count). The summed E-state index contributed by atoms with van der Waals surface area (Å²) >= 11 is 0. The minimum absolute atomic E-state index is 0.179. The highest BCUT2D eigenvalue weighted by molar-refractivity contribution is 7.92. The number of carbonyl (C=O) groups is 1. The monoisotopic (exact) mass is 349 g/mol. The van der Waals surface area contributed by atoms with Gasteiger partial charge in [-0.25, -0.2) is 8.42 Å². The zero-order chi connectivity index (χ0) is 17.9. The van der Waals surface area contributed by atoms with Gasteiger partial charge in [-0.1, -0.05) is 12.1 Å². The molecule has 0 aliphatic carbocycles. The SMILES string of the molecule is CC(=O)Nc1cccc(NS(=O)(=O)c2cc([N+](=O)[O-])ccc2C)c1. The van der Waals surface area contributed by atoms with Gasteiger partial charge in [0, 0.05) is 24.7 Å². The minimum atomic E-state index is -4.01. The molecule has 0 spiro atoms. The summed E-state index contributed by atoms with van der Waals surface area (Å²) in [5, 5.41) is 13.4. The molecule has 0 heterocycles. The van der Waals surface area contributed by atoms with Crippen molar-refractivity contribution >= 4 is 33.0 Å². The van der Waals surface area contributed by atoms with Crippen molar-refractivity contribution in [3.05, 3.63) is 58.1 Å². The van der Waals surface area contributed by atoms with Crippen LogP contribution in [0.3, 0.4) is 0 Å². The fraction of sp³-hybridized carbons (Fsp3) is 0.133. The standard InChI is InChI=1S/C15H15N3O5S/c1-10-6-7-14(18(20)21)9-15(10)24(22,23)17-13-5-3-4-12(8-13)16-11(2)19/h3-9,17H,1-2H3,(H,16,19). The molecule has 0 unspecified atom stereocenters. The smallest absolute Gasteiger partial charge is 0.270 e. The number of aryl methyl sites for hydroxylation is 1. The van der Waals surface area contributed by atoms with Gasteiger partial charge >= 0.3 is 0 Å². The zero-order valence-electron chi connectivity index (χ0n) is 12.9. The second-order valence-corrected chi connectivity index (χ2v) is 6.73. The molecule has 0 aliphatic rings. The molecule has 0 atom stereocenters. The predicted octanol–water partition coefficient (Wildman–Crippen LogP) is 2.66. The summed E-state index contributed by atoms with van der Waals surface area (Å²) in [7, 11) is -4.01. The number of nitrogens with one attached hydrogen (secondary N) is 2. The molecule has 2 aromatic carbocycles. The van der Waals surface area contributed by atoms with Crippen LogP contribution in [0.4, 0.5) is 17.1 Å². The molecule has 2 aromatic rings. The zero-order valence-corrected chi connectivity index (χ0v) is 13.8. The Morgan fingerprint density at radius 3 is 2.42 bits per heavy atom. The summed E-state index contributed by atoms with van der Waals surface area (Å²) in [6.45, 7) is 2.88. The number of hydrogen-bond acceptors (Lipinski definition) is 5. The van der Waals surface area contributed by atoms with Gasteiger partial charge in [-0.05, 0) is 30.7 Å². The number of benzene rings is 2. The van der Waals surface area contributed by atoms with E-state index in [4.69, 9.17) is 0 Å². The highest BCUT2D eigenvalue weighted by atomic mass is 32.2. The van der Waals surface area contributed by atoms with Gasteiger partial charge in [-0.3, -0.25) is 19.6 Å². The first-order valence-electron chi connectivity index (χ1n) is 6.84. The molecule has 9 heteroatoms. The molecule has 0 saturated heterocycles. The van der Waals surface area contributed by atoms with Crippen molar-refractivity contribution in [3.8, 4) is 0 Å². The Balaban J connectivity index is 2.37. The fourth-order valence-corrected chi connectivity index (χ4v) is 3.38. The van der Waals surface area contributed by atoms with Gasteiger partial charge in [0.05, 0.1) is 15.5 Å². The predicted molar refractivity (Wildman–Crippen MR) is 89.4 cm³/mol. The van der Waals surface area contributed by atoms with Crippen LogP contribution in [0.25, 0.3) is 0 Å². The van der Waals surface area contributed by atoms with E-state index in [1.165, 1.54) is 31.2 Å². The van der Waals surface area contributed by atoms with E-state index in [0.29, 0.717) is 11.3 Å². The third-order valence-electron chi connectivity index (χ3n) is 3.11. The number of nitro groups is 1. The van der Waals surface area contributed by atoms with Crippen LogP contribution >= 0.6 is 0 Å². The van der Waals surface area contributed by atoms with Crippen LogP contribution in [-0.4, -0.2) is 19.2 Å². The number of amides is 1. The maximum atomic E-state index is 12.5. The molecular weight excluding hydrogens is 334 g/mol. The Morgan fingerprint density at radius 1 is 1.12 bits per heavy atom. The van der Waals surface area contributed by atoms with Crippen LogP contribution < -0.4 is 10.0 Å². The summed E-state index contributed by atoms with van der Waals surface area (Å²) in [5.74, 6) is -0.287. The molecule has 0 radical (unpaired) electrons. The van der Waals surface area contributed by atoms with E-state index in [2.05, 4.69) is 10.0 Å². The quantitative estimate of drug-likeness (QED) is 0.635. The normalized spacial score (nSPS) is 10.9. The molecule has 2 N–H and O–H groups in total. The Kier molecular flexibility index (Phi) is 4.84. The van der Waals surface area contributed by atoms with Crippen LogP contribution in [0.5, 0.6) is 0 Å². The highest BCUT2D eigenvalue weighted by Gasteiger charge is 2.20. The van der Waals surface area contributed by atoms with Gasteiger partial charge < -0.3 is 5.32 Å². The average Bonchev–Trinajstić information content (AvgIpc) is 2.46. The summed E-state index contributed by atoms with van der Waals surface area (Å²) < 4.78 is 27.4. The maximum absolute atomic E-state index is 12.5. The van der Waals surface area contributed by atoms with Crippen molar-refractivity contribution in [2.75, 3.05) is 10.0 Å². The number of hydrogen-bond donors (Lipinski definition) is 2. The fourth-order valence-electron chi connectivity index (χ4n) is 2.07. The van der Waals surface area contributed by atoms with Gasteiger partial charge in [-0.2, -0.15) is 0 Å². The van der Waals surface area contributed by atoms with E-state index in [-0.39, 0.29) is 22.2 Å². The molecule has 0 fully saturated rings. The second-order valence-electron chi connectivity index (χ2n) is 5.07. The third-order valence-corrected chi connectivity index (χ3v) is 4.63. The average molecular weight is 349 g/mol. The van der Waals surface area contributed by atoms with Crippen molar-refractivity contribution < 1.29 is 18.1 Å². The number of sulfonamides is 1. The molecule has 0 aromatic heterocycles. The van der Waals surface area contributed by atoms with Gasteiger partial charge in [0.15, 0.2) is 0 Å². The first kappa shape index (κ1) is 17.4. The van der Waals surface area contributed by atoms with Crippen LogP contribution in [0.15, 0.2) is 47.4 Å². The number of carbonyl (C=O) groups excluding carboxylic acids is 1. The number of non-ortho nitro benzene ring substituents is 1. The molecule has 0 bridgehead atoms. The van der Waals surface area contributed by atoms with Crippen LogP contribution in [0.1, 0.15) is 12.5 Å². The van der Waals surface area contributed by atoms with Crippen molar-refractivity contribution in [1.82, 2.24) is 0 Å². The Morgan fingerprint density at radius 2 is 1.79 bits per heavy atom. The van der Waals surface area contributed by atoms with Gasteiger partial charge in [0.2, 0.25) is 5.91 Å². The summed E-state index contributed by atoms with van der Waals surface area (Å²) in [6.07, 6.45) is 0. The van der Waals surface area contributed by atoms with E-state index >= 15 is 0 Å². The largest absolute Gasteiger partial charge is 0.326 e. The van der Waals surface area contributed by atoms with Crippen molar-refractivity contribution in [3.63, 3.8) is 0 Å². The van der Waals surface area contributed by atoms with Crippen LogP contribution in [0.2, 0.25) is 0 Å². The minimum Gasteiger partial charge on any atom is -0.326 e. The van der Waals surface area contributed by atoms with E-state index in [0.717, 1.165) is 6.07 Å². The Labute approximate surface area is 138 Å². The first-order chi connectivity index (χ1) is 11.2. The van der Waals surface area contributed by atoms with E-state index in [1.54, 1.807) is 19.1 Å². The van der Waals surface area contributed by atoms with Gasteiger partial charge in [-0.15, -0.1) is 0 Å². The number of anilines is 2. The molecule has 0 saturated carbocycles. The Bertz CT molecular complexity index is 909. The molecule has 1 amide bonds. The lowest BCUT2D eigenvalue weighted by atomic mass is 10.2. The van der Waals surface area contributed by atoms with Crippen LogP contribution in [-0.2, 0) is 14.8 Å². The summed E-state index contributed by atoms with van der Waals surface area (Å²) in [5.41, 5.74) is 0.727. The lowest BCUT2D eigenvalue weighted by molar-refractivity contribution is -0.385. The maximum Gasteiger partial charge on any atom is 0.270 e. The second kappa shape index (κ2) is 6.67. The number of nitro benzene ring substituents is 1. The van der Waals surface area contributed by atoms with Gasteiger partial charge in [0.25, 0.3) is 15.7 Å². The van der Waals surface area contributed by atoms with E-state index in [9.17, 15) is 23.3 Å². The lowest BCUT2D eigenvalue weighted by Crippen LogP contribution is -2.15. The lowest BCUT2D eigenvalue weighted by Gasteiger charge is -2.11. The first-order valence-corrected chi connectivity index (χ1v) is 8.33. The molecule has 24 heavy (non-hydrogen) atoms. The number of nitrogens with zero attached hydrogens (tertiary/aromatic N) is 1.